The molecule has 1 saturated heterocycles. The Bertz CT molecular complexity index is 381. The van der Waals surface area contributed by atoms with E-state index in [1.54, 1.807) is 0 Å². The Balaban J connectivity index is 1.76. The molecule has 1 amide bonds. The zero-order valence-corrected chi connectivity index (χ0v) is 8.78. The molecule has 3 rings (SSSR count). The van der Waals surface area contributed by atoms with Crippen molar-refractivity contribution in [2.24, 2.45) is 5.41 Å². The molecule has 2 aliphatic rings. The first-order valence-corrected chi connectivity index (χ1v) is 5.64. The van der Waals surface area contributed by atoms with Gasteiger partial charge in [0.1, 0.15) is 0 Å². The molecule has 0 N–H and O–H groups in total. The van der Waals surface area contributed by atoms with Gasteiger partial charge in [0.05, 0.1) is 0 Å². The minimum absolute atomic E-state index is 0.208. The zero-order chi connectivity index (χ0) is 10.3. The van der Waals surface area contributed by atoms with Crippen molar-refractivity contribution >= 4 is 5.91 Å². The Hall–Kier alpha value is -1.31. The van der Waals surface area contributed by atoms with Gasteiger partial charge >= 0.3 is 0 Å². The standard InChI is InChI=1S/C13H15NO/c15-12(11-4-2-1-3-5-11)14-9-8-13(10-14)6-7-13/h1-5H,6-10H2. The van der Waals surface area contributed by atoms with Gasteiger partial charge in [-0.05, 0) is 36.8 Å². The summed E-state index contributed by atoms with van der Waals surface area (Å²) in [6.45, 7) is 1.94. The summed E-state index contributed by atoms with van der Waals surface area (Å²) in [6.07, 6.45) is 3.86. The fraction of sp³-hybridized carbons (Fsp3) is 0.462. The molecule has 15 heavy (non-hydrogen) atoms. The lowest BCUT2D eigenvalue weighted by molar-refractivity contribution is 0.0785. The summed E-state index contributed by atoms with van der Waals surface area (Å²) in [4.78, 5) is 14.1. The molecule has 1 spiro atoms. The Labute approximate surface area is 89.9 Å². The summed E-state index contributed by atoms with van der Waals surface area (Å²) >= 11 is 0. The SMILES string of the molecule is O=C(c1ccccc1)N1CCC2(CC2)C1. The van der Waals surface area contributed by atoms with Gasteiger partial charge < -0.3 is 4.90 Å². The number of amides is 1. The Morgan fingerprint density at radius 3 is 2.47 bits per heavy atom. The van der Waals surface area contributed by atoms with Crippen LogP contribution in [0.25, 0.3) is 0 Å². The van der Waals surface area contributed by atoms with Crippen molar-refractivity contribution in [2.45, 2.75) is 19.3 Å². The van der Waals surface area contributed by atoms with E-state index in [-0.39, 0.29) is 5.91 Å². The fourth-order valence-corrected chi connectivity index (χ4v) is 2.46. The molecule has 1 heterocycles. The van der Waals surface area contributed by atoms with E-state index in [2.05, 4.69) is 0 Å². The van der Waals surface area contributed by atoms with Crippen LogP contribution in [-0.4, -0.2) is 23.9 Å². The molecule has 2 nitrogen and oxygen atoms in total. The van der Waals surface area contributed by atoms with Gasteiger partial charge in [0, 0.05) is 18.7 Å². The van der Waals surface area contributed by atoms with Crippen LogP contribution in [0, 0.1) is 5.41 Å². The normalized spacial score (nSPS) is 22.0. The van der Waals surface area contributed by atoms with E-state index in [4.69, 9.17) is 0 Å². The molecule has 0 unspecified atom stereocenters. The highest BCUT2D eigenvalue weighted by molar-refractivity contribution is 5.94. The summed E-state index contributed by atoms with van der Waals surface area (Å²) in [6, 6.07) is 9.61. The molecule has 1 aliphatic carbocycles. The molecular formula is C13H15NO. The van der Waals surface area contributed by atoms with Crippen molar-refractivity contribution in [3.05, 3.63) is 35.9 Å². The van der Waals surface area contributed by atoms with Crippen LogP contribution in [0.5, 0.6) is 0 Å². The largest absolute Gasteiger partial charge is 0.338 e. The van der Waals surface area contributed by atoms with E-state index in [1.807, 2.05) is 35.2 Å². The van der Waals surface area contributed by atoms with E-state index in [0.717, 1.165) is 18.7 Å². The van der Waals surface area contributed by atoms with Crippen molar-refractivity contribution in [1.29, 1.82) is 0 Å². The maximum absolute atomic E-state index is 12.1. The van der Waals surface area contributed by atoms with E-state index in [9.17, 15) is 4.79 Å². The van der Waals surface area contributed by atoms with Crippen LogP contribution in [-0.2, 0) is 0 Å². The number of nitrogens with zero attached hydrogens (tertiary/aromatic N) is 1. The van der Waals surface area contributed by atoms with Crippen LogP contribution in [0.15, 0.2) is 30.3 Å². The predicted molar refractivity (Wildman–Crippen MR) is 58.6 cm³/mol. The topological polar surface area (TPSA) is 20.3 Å². The number of carbonyl (C=O) groups excluding carboxylic acids is 1. The predicted octanol–water partition coefficient (Wildman–Crippen LogP) is 2.31. The van der Waals surface area contributed by atoms with Crippen LogP contribution in [0.2, 0.25) is 0 Å². The van der Waals surface area contributed by atoms with Crippen molar-refractivity contribution in [3.8, 4) is 0 Å². The third-order valence-electron chi connectivity index (χ3n) is 3.70. The van der Waals surface area contributed by atoms with Gasteiger partial charge in [-0.3, -0.25) is 4.79 Å². The lowest BCUT2D eigenvalue weighted by Gasteiger charge is -2.16. The second-order valence-corrected chi connectivity index (χ2v) is 4.84. The molecule has 2 fully saturated rings. The van der Waals surface area contributed by atoms with Crippen molar-refractivity contribution in [1.82, 2.24) is 4.90 Å². The molecule has 78 valence electrons. The number of carbonyl (C=O) groups is 1. The van der Waals surface area contributed by atoms with Crippen molar-refractivity contribution in [3.63, 3.8) is 0 Å². The van der Waals surface area contributed by atoms with Gasteiger partial charge in [0.15, 0.2) is 0 Å². The van der Waals surface area contributed by atoms with Gasteiger partial charge in [0.25, 0.3) is 5.91 Å². The smallest absolute Gasteiger partial charge is 0.253 e. The Morgan fingerprint density at radius 2 is 1.87 bits per heavy atom. The summed E-state index contributed by atoms with van der Waals surface area (Å²) in [5, 5.41) is 0. The molecule has 1 aliphatic heterocycles. The lowest BCUT2D eigenvalue weighted by Crippen LogP contribution is -2.28. The van der Waals surface area contributed by atoms with Gasteiger partial charge in [-0.1, -0.05) is 18.2 Å². The van der Waals surface area contributed by atoms with Gasteiger partial charge in [-0.15, -0.1) is 0 Å². The highest BCUT2D eigenvalue weighted by Gasteiger charge is 2.48. The third kappa shape index (κ3) is 1.54. The number of hydrogen-bond acceptors (Lipinski definition) is 1. The van der Waals surface area contributed by atoms with Crippen LogP contribution in [0.4, 0.5) is 0 Å². The number of benzene rings is 1. The Morgan fingerprint density at radius 1 is 1.13 bits per heavy atom. The molecule has 1 aromatic rings. The van der Waals surface area contributed by atoms with Crippen LogP contribution in [0.1, 0.15) is 29.6 Å². The maximum atomic E-state index is 12.1. The monoisotopic (exact) mass is 201 g/mol. The van der Waals surface area contributed by atoms with E-state index in [0.29, 0.717) is 5.41 Å². The quantitative estimate of drug-likeness (QED) is 0.682. The number of likely N-dealkylation sites (tertiary alicyclic amines) is 1. The highest BCUT2D eigenvalue weighted by Crippen LogP contribution is 2.52. The molecular weight excluding hydrogens is 186 g/mol. The van der Waals surface area contributed by atoms with Crippen LogP contribution >= 0.6 is 0 Å². The molecule has 0 radical (unpaired) electrons. The molecule has 0 bridgehead atoms. The maximum Gasteiger partial charge on any atom is 0.253 e. The summed E-state index contributed by atoms with van der Waals surface area (Å²) in [5.41, 5.74) is 1.36. The summed E-state index contributed by atoms with van der Waals surface area (Å²) in [5.74, 6) is 0.208. The molecule has 1 saturated carbocycles. The fourth-order valence-electron chi connectivity index (χ4n) is 2.46. The molecule has 0 aromatic heterocycles. The first-order valence-electron chi connectivity index (χ1n) is 5.64. The van der Waals surface area contributed by atoms with Crippen molar-refractivity contribution < 1.29 is 4.79 Å². The lowest BCUT2D eigenvalue weighted by atomic mass is 10.1. The average molecular weight is 201 g/mol. The van der Waals surface area contributed by atoms with Crippen LogP contribution in [0.3, 0.4) is 0 Å². The van der Waals surface area contributed by atoms with Crippen molar-refractivity contribution in [2.75, 3.05) is 13.1 Å². The minimum atomic E-state index is 0.208. The molecule has 2 heteroatoms. The second kappa shape index (κ2) is 3.09. The van der Waals surface area contributed by atoms with E-state index < -0.39 is 0 Å². The zero-order valence-electron chi connectivity index (χ0n) is 8.78. The average Bonchev–Trinajstić information content (AvgIpc) is 2.90. The number of hydrogen-bond donors (Lipinski definition) is 0. The highest BCUT2D eigenvalue weighted by atomic mass is 16.2. The first-order chi connectivity index (χ1) is 7.29. The van der Waals surface area contributed by atoms with Crippen LogP contribution < -0.4 is 0 Å². The molecule has 0 atom stereocenters. The first kappa shape index (κ1) is 8.96. The third-order valence-corrected chi connectivity index (χ3v) is 3.70. The summed E-state index contributed by atoms with van der Waals surface area (Å²) < 4.78 is 0. The molecule has 1 aromatic carbocycles. The number of rotatable bonds is 1. The summed E-state index contributed by atoms with van der Waals surface area (Å²) in [7, 11) is 0. The van der Waals surface area contributed by atoms with E-state index >= 15 is 0 Å². The van der Waals surface area contributed by atoms with E-state index in [1.165, 1.54) is 19.3 Å². The minimum Gasteiger partial charge on any atom is -0.338 e. The Kier molecular flexibility index (Phi) is 1.84. The second-order valence-electron chi connectivity index (χ2n) is 4.84. The van der Waals surface area contributed by atoms with Gasteiger partial charge in [0.2, 0.25) is 0 Å². The van der Waals surface area contributed by atoms with Gasteiger partial charge in [-0.2, -0.15) is 0 Å². The van der Waals surface area contributed by atoms with Gasteiger partial charge in [-0.25, -0.2) is 0 Å².